The van der Waals surface area contributed by atoms with Crippen LogP contribution in [0.3, 0.4) is 0 Å². The molecular formula is C26H30BrN5O2Si. The second kappa shape index (κ2) is 9.46. The maximum atomic E-state index is 7.40. The summed E-state index contributed by atoms with van der Waals surface area (Å²) in [5.74, 6) is 0.365. The second-order valence-electron chi connectivity index (χ2n) is 9.92. The van der Waals surface area contributed by atoms with Gasteiger partial charge < -0.3 is 14.9 Å². The van der Waals surface area contributed by atoms with E-state index in [1.807, 2.05) is 4.57 Å². The molecule has 0 radical (unpaired) electrons. The van der Waals surface area contributed by atoms with Gasteiger partial charge in [-0.1, -0.05) is 97.4 Å². The molecule has 2 aromatic carbocycles. The zero-order valence-electron chi connectivity index (χ0n) is 20.1. The average molecular weight is 553 g/mol. The Morgan fingerprint density at radius 1 is 1.03 bits per heavy atom. The van der Waals surface area contributed by atoms with Crippen LogP contribution in [0.5, 0.6) is 0 Å². The van der Waals surface area contributed by atoms with Crippen LogP contribution in [0.15, 0.2) is 73.3 Å². The summed E-state index contributed by atoms with van der Waals surface area (Å²) in [4.78, 5) is 12.9. The molecule has 3 heterocycles. The number of ether oxygens (including phenoxy) is 1. The minimum absolute atomic E-state index is 0.117. The first-order valence-electron chi connectivity index (χ1n) is 11.8. The molecule has 0 amide bonds. The van der Waals surface area contributed by atoms with Crippen molar-refractivity contribution in [3.05, 3.63) is 73.3 Å². The molecule has 4 aromatic rings. The van der Waals surface area contributed by atoms with Crippen LogP contribution in [-0.4, -0.2) is 45.4 Å². The number of benzene rings is 2. The van der Waals surface area contributed by atoms with Crippen LogP contribution in [-0.2, 0) is 9.16 Å². The van der Waals surface area contributed by atoms with Crippen LogP contribution < -0.4 is 16.1 Å². The molecular weight excluding hydrogens is 522 g/mol. The van der Waals surface area contributed by atoms with Crippen molar-refractivity contribution in [3.8, 4) is 0 Å². The Kier molecular flexibility index (Phi) is 6.52. The fourth-order valence-corrected chi connectivity index (χ4v) is 10.4. The van der Waals surface area contributed by atoms with Crippen LogP contribution in [0.2, 0.25) is 5.04 Å². The van der Waals surface area contributed by atoms with Gasteiger partial charge in [-0.2, -0.15) is 0 Å². The normalized spacial score (nSPS) is 21.0. The van der Waals surface area contributed by atoms with Crippen molar-refractivity contribution in [2.45, 2.75) is 50.7 Å². The first-order chi connectivity index (χ1) is 16.8. The number of alkyl halides is 1. The Morgan fingerprint density at radius 2 is 1.66 bits per heavy atom. The molecule has 2 aromatic heterocycles. The molecule has 0 spiro atoms. The summed E-state index contributed by atoms with van der Waals surface area (Å²) < 4.78 is 15.9. The summed E-state index contributed by atoms with van der Waals surface area (Å²) in [6.45, 7) is 6.87. The highest BCUT2D eigenvalue weighted by molar-refractivity contribution is 9.09. The number of halogens is 1. The lowest BCUT2D eigenvalue weighted by atomic mass is 10.2. The predicted molar refractivity (Wildman–Crippen MR) is 145 cm³/mol. The van der Waals surface area contributed by atoms with Crippen molar-refractivity contribution in [2.75, 3.05) is 11.1 Å². The van der Waals surface area contributed by atoms with E-state index in [9.17, 15) is 0 Å². The molecule has 9 heteroatoms. The van der Waals surface area contributed by atoms with Gasteiger partial charge >= 0.3 is 0 Å². The van der Waals surface area contributed by atoms with E-state index in [-0.39, 0.29) is 23.5 Å². The topological polar surface area (TPSA) is 88.1 Å². The van der Waals surface area contributed by atoms with Crippen molar-refractivity contribution >= 4 is 51.6 Å². The van der Waals surface area contributed by atoms with Gasteiger partial charge in [0.25, 0.3) is 8.32 Å². The van der Waals surface area contributed by atoms with E-state index < -0.39 is 8.32 Å². The number of hydrogen-bond donors (Lipinski definition) is 1. The third-order valence-electron chi connectivity index (χ3n) is 6.77. The van der Waals surface area contributed by atoms with Gasteiger partial charge in [0.2, 0.25) is 0 Å². The van der Waals surface area contributed by atoms with Crippen LogP contribution >= 0.6 is 15.9 Å². The van der Waals surface area contributed by atoms with E-state index in [0.717, 1.165) is 0 Å². The number of imidazole rings is 1. The van der Waals surface area contributed by atoms with E-state index in [1.165, 1.54) is 16.7 Å². The molecule has 1 aliphatic heterocycles. The minimum atomic E-state index is -2.72. The summed E-state index contributed by atoms with van der Waals surface area (Å²) in [7, 11) is -2.72. The molecule has 0 aliphatic carbocycles. The molecule has 1 aliphatic rings. The minimum Gasteiger partial charge on any atom is -0.402 e. The zero-order chi connectivity index (χ0) is 24.6. The van der Waals surface area contributed by atoms with Crippen LogP contribution in [0.1, 0.15) is 33.4 Å². The molecule has 3 atom stereocenters. The smallest absolute Gasteiger partial charge is 0.261 e. The van der Waals surface area contributed by atoms with E-state index in [0.29, 0.717) is 28.7 Å². The average Bonchev–Trinajstić information content (AvgIpc) is 3.47. The Bertz CT molecular complexity index is 1260. The zero-order valence-corrected chi connectivity index (χ0v) is 22.7. The van der Waals surface area contributed by atoms with E-state index >= 15 is 0 Å². The van der Waals surface area contributed by atoms with Gasteiger partial charge in [0.05, 0.1) is 18.5 Å². The molecule has 2 N–H and O–H groups in total. The molecule has 7 nitrogen and oxygen atoms in total. The molecule has 1 saturated heterocycles. The Balaban J connectivity index is 1.57. The maximum absolute atomic E-state index is 7.40. The van der Waals surface area contributed by atoms with Crippen molar-refractivity contribution in [3.63, 3.8) is 0 Å². The van der Waals surface area contributed by atoms with Gasteiger partial charge in [-0.05, 0) is 15.4 Å². The molecule has 35 heavy (non-hydrogen) atoms. The van der Waals surface area contributed by atoms with Crippen LogP contribution in [0.4, 0.5) is 5.82 Å². The fourth-order valence-electron chi connectivity index (χ4n) is 5.13. The highest BCUT2D eigenvalue weighted by Gasteiger charge is 2.53. The summed E-state index contributed by atoms with van der Waals surface area (Å²) in [5, 5.41) is 3.05. The van der Waals surface area contributed by atoms with E-state index in [2.05, 4.69) is 112 Å². The number of fused-ring (bicyclic) bond motifs is 1. The van der Waals surface area contributed by atoms with E-state index in [4.69, 9.17) is 14.9 Å². The first kappa shape index (κ1) is 24.1. The van der Waals surface area contributed by atoms with Crippen molar-refractivity contribution in [2.24, 2.45) is 0 Å². The van der Waals surface area contributed by atoms with Crippen LogP contribution in [0, 0.1) is 0 Å². The quantitative estimate of drug-likeness (QED) is 0.287. The largest absolute Gasteiger partial charge is 0.402 e. The summed E-state index contributed by atoms with van der Waals surface area (Å²) >= 11 is 3.68. The molecule has 5 rings (SSSR count). The molecule has 0 unspecified atom stereocenters. The molecule has 1 fully saturated rings. The number of hydrogen-bond acceptors (Lipinski definition) is 6. The maximum Gasteiger partial charge on any atom is 0.261 e. The molecule has 0 saturated carbocycles. The van der Waals surface area contributed by atoms with Gasteiger partial charge in [-0.3, -0.25) is 4.57 Å². The van der Waals surface area contributed by atoms with Gasteiger partial charge in [-0.15, -0.1) is 0 Å². The highest BCUT2D eigenvalue weighted by Crippen LogP contribution is 2.42. The molecule has 182 valence electrons. The van der Waals surface area contributed by atoms with Crippen molar-refractivity contribution in [1.82, 2.24) is 19.5 Å². The SMILES string of the molecule is CC(C)(C)[Si](O[C@H]1C[C@H](n2cnc3c(N)ncnc32)O[C@@H]1CBr)(c1ccccc1)c1ccccc1. The van der Waals surface area contributed by atoms with Gasteiger partial charge in [-0.25, -0.2) is 15.0 Å². The van der Waals surface area contributed by atoms with Gasteiger partial charge in [0.15, 0.2) is 11.5 Å². The number of nitrogens with zero attached hydrogens (tertiary/aromatic N) is 4. The number of anilines is 1. The highest BCUT2D eigenvalue weighted by atomic mass is 79.9. The third-order valence-corrected chi connectivity index (χ3v) is 12.5. The van der Waals surface area contributed by atoms with Crippen LogP contribution in [0.25, 0.3) is 11.2 Å². The summed E-state index contributed by atoms with van der Waals surface area (Å²) in [6.07, 6.45) is 3.36. The lowest BCUT2D eigenvalue weighted by Gasteiger charge is -2.45. The number of aromatic nitrogens is 4. The lowest BCUT2D eigenvalue weighted by molar-refractivity contribution is -0.000634. The summed E-state index contributed by atoms with van der Waals surface area (Å²) in [5.41, 5.74) is 7.27. The fraction of sp³-hybridized carbons (Fsp3) is 0.346. The van der Waals surface area contributed by atoms with Gasteiger partial charge in [0, 0.05) is 11.8 Å². The van der Waals surface area contributed by atoms with Gasteiger partial charge in [0.1, 0.15) is 18.1 Å². The monoisotopic (exact) mass is 551 g/mol. The molecule has 0 bridgehead atoms. The number of rotatable bonds is 6. The van der Waals surface area contributed by atoms with Crippen molar-refractivity contribution < 1.29 is 9.16 Å². The Labute approximate surface area is 215 Å². The number of nitrogens with two attached hydrogens (primary N) is 1. The lowest BCUT2D eigenvalue weighted by Crippen LogP contribution is -2.68. The summed E-state index contributed by atoms with van der Waals surface area (Å²) in [6, 6.07) is 21.4. The second-order valence-corrected chi connectivity index (χ2v) is 14.8. The standard InChI is InChI=1S/C26H30BrN5O2Si/c1-26(2,3)35(18-10-6-4-7-11-18,19-12-8-5-9-13-19)34-20-14-22(33-21(20)15-27)32-17-31-23-24(28)29-16-30-25(23)32/h4-13,16-17,20-22H,14-15H2,1-3H3,(H2,28,29,30)/t20-,21+,22+/m0/s1. The third kappa shape index (κ3) is 4.20. The Hall–Kier alpha value is -2.59. The number of nitrogen functional groups attached to an aromatic ring is 1. The predicted octanol–water partition coefficient (Wildman–Crippen LogP) is 4.04. The first-order valence-corrected chi connectivity index (χ1v) is 14.8. The van der Waals surface area contributed by atoms with Crippen molar-refractivity contribution in [1.29, 1.82) is 0 Å². The van der Waals surface area contributed by atoms with E-state index in [1.54, 1.807) is 6.33 Å². The Morgan fingerprint density at radius 3 is 2.23 bits per heavy atom.